The molecule has 0 fully saturated rings. The molecule has 1 aromatic carbocycles. The summed E-state index contributed by atoms with van der Waals surface area (Å²) >= 11 is 1.51. The number of imidazole rings is 1. The molecule has 0 aliphatic rings. The van der Waals surface area contributed by atoms with Crippen LogP contribution in [0.25, 0.3) is 22.6 Å². The van der Waals surface area contributed by atoms with E-state index in [1.807, 2.05) is 46.3 Å². The van der Waals surface area contributed by atoms with Crippen LogP contribution in [0, 0.1) is 0 Å². The SMILES string of the molecule is CN(Cc1ccco1)C(=O)Cn1c(-c2cscn2)nc2ccccc21. The molecule has 4 aromatic rings. The molecule has 0 aliphatic heterocycles. The Bertz CT molecular complexity index is 990. The van der Waals surface area contributed by atoms with Gasteiger partial charge in [-0.05, 0) is 24.3 Å². The maximum absolute atomic E-state index is 12.7. The number of thiazole rings is 1. The maximum atomic E-state index is 12.7. The molecule has 0 saturated carbocycles. The first kappa shape index (κ1) is 15.6. The van der Waals surface area contributed by atoms with Crippen molar-refractivity contribution in [2.75, 3.05) is 7.05 Å². The predicted molar refractivity (Wildman–Crippen MR) is 96.0 cm³/mol. The van der Waals surface area contributed by atoms with E-state index in [1.165, 1.54) is 11.3 Å². The molecule has 3 aromatic heterocycles. The maximum Gasteiger partial charge on any atom is 0.242 e. The summed E-state index contributed by atoms with van der Waals surface area (Å²) in [4.78, 5) is 23.4. The number of aromatic nitrogens is 3. The van der Waals surface area contributed by atoms with Gasteiger partial charge in [-0.1, -0.05) is 12.1 Å². The highest BCUT2D eigenvalue weighted by Crippen LogP contribution is 2.24. The van der Waals surface area contributed by atoms with Gasteiger partial charge >= 0.3 is 0 Å². The Morgan fingerprint density at radius 3 is 2.92 bits per heavy atom. The van der Waals surface area contributed by atoms with E-state index in [9.17, 15) is 4.79 Å². The first-order valence-electron chi connectivity index (χ1n) is 7.82. The number of rotatable bonds is 5. The summed E-state index contributed by atoms with van der Waals surface area (Å²) in [5.41, 5.74) is 4.32. The molecule has 0 N–H and O–H groups in total. The number of furan rings is 1. The van der Waals surface area contributed by atoms with Crippen molar-refractivity contribution < 1.29 is 9.21 Å². The minimum absolute atomic E-state index is 0.0176. The Hall–Kier alpha value is -2.93. The van der Waals surface area contributed by atoms with Gasteiger partial charge in [0.2, 0.25) is 5.91 Å². The zero-order valence-electron chi connectivity index (χ0n) is 13.6. The van der Waals surface area contributed by atoms with Crippen LogP contribution in [-0.4, -0.2) is 32.4 Å². The lowest BCUT2D eigenvalue weighted by molar-refractivity contribution is -0.131. The third-order valence-electron chi connectivity index (χ3n) is 4.01. The van der Waals surface area contributed by atoms with Gasteiger partial charge in [0, 0.05) is 12.4 Å². The summed E-state index contributed by atoms with van der Waals surface area (Å²) in [7, 11) is 1.77. The molecule has 1 amide bonds. The average Bonchev–Trinajstić information content (AvgIpc) is 3.35. The average molecular weight is 352 g/mol. The van der Waals surface area contributed by atoms with Crippen molar-refractivity contribution in [2.24, 2.45) is 0 Å². The highest BCUT2D eigenvalue weighted by Gasteiger charge is 2.18. The largest absolute Gasteiger partial charge is 0.467 e. The minimum atomic E-state index is -0.0176. The molecule has 0 atom stereocenters. The molecule has 7 heteroatoms. The number of likely N-dealkylation sites (N-methyl/N-ethyl adjacent to an activating group) is 1. The van der Waals surface area contributed by atoms with E-state index < -0.39 is 0 Å². The van der Waals surface area contributed by atoms with Gasteiger partial charge in [-0.25, -0.2) is 9.97 Å². The third kappa shape index (κ3) is 3.06. The summed E-state index contributed by atoms with van der Waals surface area (Å²) in [5.74, 6) is 1.45. The van der Waals surface area contributed by atoms with Crippen LogP contribution in [0.15, 0.2) is 58.0 Å². The fourth-order valence-electron chi connectivity index (χ4n) is 2.73. The monoisotopic (exact) mass is 352 g/mol. The van der Waals surface area contributed by atoms with Gasteiger partial charge in [0.25, 0.3) is 0 Å². The van der Waals surface area contributed by atoms with Crippen LogP contribution in [0.3, 0.4) is 0 Å². The first-order valence-corrected chi connectivity index (χ1v) is 8.77. The molecule has 0 saturated heterocycles. The van der Waals surface area contributed by atoms with Crippen LogP contribution in [0.2, 0.25) is 0 Å². The van der Waals surface area contributed by atoms with E-state index in [1.54, 1.807) is 23.7 Å². The van der Waals surface area contributed by atoms with E-state index in [0.29, 0.717) is 12.4 Å². The Morgan fingerprint density at radius 1 is 1.28 bits per heavy atom. The molecule has 0 unspecified atom stereocenters. The van der Waals surface area contributed by atoms with Gasteiger partial charge in [0.15, 0.2) is 5.82 Å². The van der Waals surface area contributed by atoms with Crippen molar-refractivity contribution in [3.05, 3.63) is 59.3 Å². The summed E-state index contributed by atoms with van der Waals surface area (Å²) < 4.78 is 7.24. The highest BCUT2D eigenvalue weighted by molar-refractivity contribution is 7.07. The number of carbonyl (C=O) groups is 1. The topological polar surface area (TPSA) is 64.2 Å². The summed E-state index contributed by atoms with van der Waals surface area (Å²) in [6.45, 7) is 0.634. The lowest BCUT2D eigenvalue weighted by Crippen LogP contribution is -2.29. The van der Waals surface area contributed by atoms with E-state index >= 15 is 0 Å². The van der Waals surface area contributed by atoms with Crippen molar-refractivity contribution >= 4 is 28.3 Å². The quantitative estimate of drug-likeness (QED) is 0.552. The van der Waals surface area contributed by atoms with Crippen LogP contribution in [0.4, 0.5) is 0 Å². The number of para-hydroxylation sites is 2. The second kappa shape index (κ2) is 6.52. The van der Waals surface area contributed by atoms with Crippen LogP contribution < -0.4 is 0 Å². The summed E-state index contributed by atoms with van der Waals surface area (Å²) in [6.07, 6.45) is 1.61. The molecule has 25 heavy (non-hydrogen) atoms. The van der Waals surface area contributed by atoms with E-state index in [-0.39, 0.29) is 12.5 Å². The Morgan fingerprint density at radius 2 is 2.16 bits per heavy atom. The third-order valence-corrected chi connectivity index (χ3v) is 4.59. The predicted octanol–water partition coefficient (Wildman–Crippen LogP) is 3.41. The Kier molecular flexibility index (Phi) is 4.07. The number of hydrogen-bond donors (Lipinski definition) is 0. The number of amides is 1. The number of hydrogen-bond acceptors (Lipinski definition) is 5. The molecule has 4 rings (SSSR count). The van der Waals surface area contributed by atoms with Crippen molar-refractivity contribution in [3.63, 3.8) is 0 Å². The molecule has 0 bridgehead atoms. The molecular weight excluding hydrogens is 336 g/mol. The number of fused-ring (bicyclic) bond motifs is 1. The van der Waals surface area contributed by atoms with Gasteiger partial charge < -0.3 is 13.9 Å². The first-order chi connectivity index (χ1) is 12.2. The smallest absolute Gasteiger partial charge is 0.242 e. The zero-order chi connectivity index (χ0) is 17.2. The van der Waals surface area contributed by atoms with Gasteiger partial charge in [-0.15, -0.1) is 11.3 Å². The normalized spacial score (nSPS) is 11.1. The molecular formula is C18H16N4O2S. The van der Waals surface area contributed by atoms with E-state index in [0.717, 1.165) is 22.5 Å². The number of carbonyl (C=O) groups excluding carboxylic acids is 1. The minimum Gasteiger partial charge on any atom is -0.467 e. The van der Waals surface area contributed by atoms with E-state index in [2.05, 4.69) is 9.97 Å². The molecule has 0 aliphatic carbocycles. The van der Waals surface area contributed by atoms with Crippen molar-refractivity contribution in [1.82, 2.24) is 19.4 Å². The van der Waals surface area contributed by atoms with Crippen LogP contribution in [0.1, 0.15) is 5.76 Å². The second-order valence-corrected chi connectivity index (χ2v) is 6.43. The molecule has 0 spiro atoms. The Balaban J connectivity index is 1.66. The highest BCUT2D eigenvalue weighted by atomic mass is 32.1. The van der Waals surface area contributed by atoms with Crippen LogP contribution >= 0.6 is 11.3 Å². The fraction of sp³-hybridized carbons (Fsp3) is 0.167. The van der Waals surface area contributed by atoms with Crippen molar-refractivity contribution in [2.45, 2.75) is 13.1 Å². The molecule has 126 valence electrons. The second-order valence-electron chi connectivity index (χ2n) is 5.71. The van der Waals surface area contributed by atoms with Gasteiger partial charge in [-0.3, -0.25) is 4.79 Å². The lowest BCUT2D eigenvalue weighted by Gasteiger charge is -2.17. The zero-order valence-corrected chi connectivity index (χ0v) is 14.4. The summed E-state index contributed by atoms with van der Waals surface area (Å²) in [5, 5.41) is 1.94. The Labute approximate surface area is 148 Å². The van der Waals surface area contributed by atoms with Crippen molar-refractivity contribution in [1.29, 1.82) is 0 Å². The van der Waals surface area contributed by atoms with Crippen LogP contribution in [-0.2, 0) is 17.9 Å². The molecule has 0 radical (unpaired) electrons. The molecule has 6 nitrogen and oxygen atoms in total. The fourth-order valence-corrected chi connectivity index (χ4v) is 3.26. The number of nitrogens with zero attached hydrogens (tertiary/aromatic N) is 4. The van der Waals surface area contributed by atoms with Crippen molar-refractivity contribution in [3.8, 4) is 11.5 Å². The van der Waals surface area contributed by atoms with Gasteiger partial charge in [0.05, 0.1) is 29.4 Å². The number of benzene rings is 1. The summed E-state index contributed by atoms with van der Waals surface area (Å²) in [6, 6.07) is 11.5. The van der Waals surface area contributed by atoms with E-state index in [4.69, 9.17) is 4.42 Å². The van der Waals surface area contributed by atoms with Gasteiger partial charge in [-0.2, -0.15) is 0 Å². The lowest BCUT2D eigenvalue weighted by atomic mass is 10.3. The molecule has 3 heterocycles. The van der Waals surface area contributed by atoms with Crippen LogP contribution in [0.5, 0.6) is 0 Å². The standard InChI is InChI=1S/C18H16N4O2S/c1-21(9-13-5-4-8-24-13)17(23)10-22-16-7-3-2-6-14(16)20-18(22)15-11-25-12-19-15/h2-8,11-12H,9-10H2,1H3. The van der Waals surface area contributed by atoms with Gasteiger partial charge in [0.1, 0.15) is 18.0 Å².